The van der Waals surface area contributed by atoms with Gasteiger partial charge in [-0.1, -0.05) is 18.2 Å². The van der Waals surface area contributed by atoms with Crippen molar-refractivity contribution in [2.24, 2.45) is 11.8 Å². The fourth-order valence-corrected chi connectivity index (χ4v) is 3.97. The Morgan fingerprint density at radius 3 is 2.46 bits per heavy atom. The average Bonchev–Trinajstić information content (AvgIpc) is 3.17. The number of carbonyl (C=O) groups excluding carboxylic acids is 1. The van der Waals surface area contributed by atoms with Gasteiger partial charge in [0, 0.05) is 19.3 Å². The molecule has 0 bridgehead atoms. The quantitative estimate of drug-likeness (QED) is 0.922. The second-order valence-electron chi connectivity index (χ2n) is 6.96. The van der Waals surface area contributed by atoms with E-state index >= 15 is 0 Å². The van der Waals surface area contributed by atoms with Crippen LogP contribution in [0.3, 0.4) is 0 Å². The van der Waals surface area contributed by atoms with Gasteiger partial charge in [0.2, 0.25) is 0 Å². The average molecular weight is 324 g/mol. The fourth-order valence-electron chi connectivity index (χ4n) is 3.97. The molecule has 1 aromatic heterocycles. The maximum Gasteiger partial charge on any atom is 0.257 e. The van der Waals surface area contributed by atoms with E-state index in [1.54, 1.807) is 4.68 Å². The molecule has 3 heterocycles. The molecule has 0 spiro atoms. The van der Waals surface area contributed by atoms with Crippen LogP contribution in [0.1, 0.15) is 28.9 Å². The summed E-state index contributed by atoms with van der Waals surface area (Å²) in [7, 11) is 0. The van der Waals surface area contributed by atoms with Gasteiger partial charge in [-0.3, -0.25) is 4.79 Å². The van der Waals surface area contributed by atoms with Crippen molar-refractivity contribution < 1.29 is 4.79 Å². The molecule has 24 heavy (non-hydrogen) atoms. The number of rotatable bonds is 2. The molecule has 2 atom stereocenters. The first-order chi connectivity index (χ1) is 11.7. The van der Waals surface area contributed by atoms with E-state index in [0.717, 1.165) is 67.8 Å². The summed E-state index contributed by atoms with van der Waals surface area (Å²) < 4.78 is 1.80. The minimum absolute atomic E-state index is 0.127. The topological polar surface area (TPSA) is 50.2 Å². The Morgan fingerprint density at radius 1 is 1.12 bits per heavy atom. The lowest BCUT2D eigenvalue weighted by atomic mass is 9.92. The number of nitrogens with zero attached hydrogens (tertiary/aromatic N) is 3. The first-order valence-corrected chi connectivity index (χ1v) is 8.84. The summed E-state index contributed by atoms with van der Waals surface area (Å²) >= 11 is 0. The molecule has 5 heteroatoms. The highest BCUT2D eigenvalue weighted by Gasteiger charge is 2.32. The van der Waals surface area contributed by atoms with E-state index in [-0.39, 0.29) is 5.91 Å². The number of amides is 1. The molecule has 0 aliphatic carbocycles. The Labute approximate surface area is 142 Å². The summed E-state index contributed by atoms with van der Waals surface area (Å²) in [6.45, 7) is 5.85. The first kappa shape index (κ1) is 15.4. The molecule has 2 saturated heterocycles. The lowest BCUT2D eigenvalue weighted by molar-refractivity contribution is 0.0758. The molecule has 0 saturated carbocycles. The van der Waals surface area contributed by atoms with E-state index in [0.29, 0.717) is 0 Å². The van der Waals surface area contributed by atoms with Crippen LogP contribution in [0, 0.1) is 18.8 Å². The molecule has 0 unspecified atom stereocenters. The summed E-state index contributed by atoms with van der Waals surface area (Å²) in [4.78, 5) is 15.0. The van der Waals surface area contributed by atoms with Crippen LogP contribution in [0.15, 0.2) is 36.5 Å². The molecular formula is C19H24N4O. The van der Waals surface area contributed by atoms with Gasteiger partial charge in [-0.2, -0.15) is 5.10 Å². The number of hydrogen-bond acceptors (Lipinski definition) is 3. The Morgan fingerprint density at radius 2 is 1.79 bits per heavy atom. The number of aryl methyl sites for hydroxylation is 1. The zero-order valence-corrected chi connectivity index (χ0v) is 14.1. The van der Waals surface area contributed by atoms with Crippen molar-refractivity contribution in [1.82, 2.24) is 20.0 Å². The summed E-state index contributed by atoms with van der Waals surface area (Å²) in [6, 6.07) is 9.95. The smallest absolute Gasteiger partial charge is 0.257 e. The molecule has 126 valence electrons. The molecule has 2 aliphatic heterocycles. The number of fused-ring (bicyclic) bond motifs is 1. The predicted octanol–water partition coefficient (Wildman–Crippen LogP) is 2.25. The van der Waals surface area contributed by atoms with Crippen molar-refractivity contribution in [3.63, 3.8) is 0 Å². The van der Waals surface area contributed by atoms with Crippen molar-refractivity contribution in [3.05, 3.63) is 47.8 Å². The van der Waals surface area contributed by atoms with Crippen molar-refractivity contribution >= 4 is 5.91 Å². The zero-order chi connectivity index (χ0) is 16.5. The second-order valence-corrected chi connectivity index (χ2v) is 6.96. The van der Waals surface area contributed by atoms with Crippen LogP contribution in [-0.4, -0.2) is 46.8 Å². The van der Waals surface area contributed by atoms with Gasteiger partial charge >= 0.3 is 0 Å². The number of carbonyl (C=O) groups is 1. The Bertz CT molecular complexity index is 710. The van der Waals surface area contributed by atoms with Crippen molar-refractivity contribution in [2.75, 3.05) is 26.2 Å². The molecule has 2 aromatic rings. The number of hydrogen-bond donors (Lipinski definition) is 1. The molecule has 4 rings (SSSR count). The third-order valence-electron chi connectivity index (χ3n) is 5.46. The molecule has 1 N–H and O–H groups in total. The number of benzene rings is 1. The zero-order valence-electron chi connectivity index (χ0n) is 14.1. The van der Waals surface area contributed by atoms with Crippen molar-refractivity contribution in [2.45, 2.75) is 19.8 Å². The van der Waals surface area contributed by atoms with Crippen LogP contribution in [0.4, 0.5) is 0 Å². The third kappa shape index (κ3) is 2.84. The Kier molecular flexibility index (Phi) is 4.10. The lowest BCUT2D eigenvalue weighted by Gasteiger charge is -2.20. The van der Waals surface area contributed by atoms with Gasteiger partial charge in [0.15, 0.2) is 0 Å². The lowest BCUT2D eigenvalue weighted by Crippen LogP contribution is -2.33. The monoisotopic (exact) mass is 324 g/mol. The molecule has 1 aromatic carbocycles. The number of likely N-dealkylation sites (tertiary alicyclic amines) is 1. The van der Waals surface area contributed by atoms with E-state index < -0.39 is 0 Å². The normalized spacial score (nSPS) is 23.8. The molecule has 5 nitrogen and oxygen atoms in total. The van der Waals surface area contributed by atoms with E-state index in [4.69, 9.17) is 0 Å². The van der Waals surface area contributed by atoms with Gasteiger partial charge in [0.1, 0.15) is 0 Å². The third-order valence-corrected chi connectivity index (χ3v) is 5.46. The fraction of sp³-hybridized carbons (Fsp3) is 0.474. The van der Waals surface area contributed by atoms with E-state index in [9.17, 15) is 4.79 Å². The summed E-state index contributed by atoms with van der Waals surface area (Å²) in [5, 5.41) is 8.02. The van der Waals surface area contributed by atoms with Gasteiger partial charge in [0.25, 0.3) is 5.91 Å². The van der Waals surface area contributed by atoms with Crippen LogP contribution in [0.25, 0.3) is 5.69 Å². The maximum atomic E-state index is 13.0. The predicted molar refractivity (Wildman–Crippen MR) is 93.3 cm³/mol. The number of aromatic nitrogens is 2. The van der Waals surface area contributed by atoms with Gasteiger partial charge in [-0.25, -0.2) is 4.68 Å². The number of nitrogens with one attached hydrogen (secondary N) is 1. The summed E-state index contributed by atoms with van der Waals surface area (Å²) in [5.74, 6) is 1.59. The molecule has 0 radical (unpaired) electrons. The van der Waals surface area contributed by atoms with Gasteiger partial charge < -0.3 is 10.2 Å². The summed E-state index contributed by atoms with van der Waals surface area (Å²) in [5.41, 5.74) is 2.51. The van der Waals surface area contributed by atoms with Crippen molar-refractivity contribution in [3.8, 4) is 5.69 Å². The van der Waals surface area contributed by atoms with Crippen LogP contribution in [-0.2, 0) is 0 Å². The van der Waals surface area contributed by atoms with Crippen LogP contribution in [0.5, 0.6) is 0 Å². The highest BCUT2D eigenvalue weighted by Crippen LogP contribution is 2.28. The highest BCUT2D eigenvalue weighted by molar-refractivity contribution is 5.95. The van der Waals surface area contributed by atoms with Crippen LogP contribution >= 0.6 is 0 Å². The maximum absolute atomic E-state index is 13.0. The molecule has 2 aliphatic rings. The largest absolute Gasteiger partial charge is 0.339 e. The highest BCUT2D eigenvalue weighted by atomic mass is 16.2. The minimum Gasteiger partial charge on any atom is -0.339 e. The van der Waals surface area contributed by atoms with Gasteiger partial charge in [-0.15, -0.1) is 0 Å². The van der Waals surface area contributed by atoms with E-state index in [1.165, 1.54) is 0 Å². The Hall–Kier alpha value is -2.14. The van der Waals surface area contributed by atoms with Crippen LogP contribution in [0.2, 0.25) is 0 Å². The summed E-state index contributed by atoms with van der Waals surface area (Å²) in [6.07, 6.45) is 4.09. The number of para-hydroxylation sites is 1. The molecule has 1 amide bonds. The molecule has 2 fully saturated rings. The first-order valence-electron chi connectivity index (χ1n) is 8.84. The second kappa shape index (κ2) is 6.40. The van der Waals surface area contributed by atoms with Gasteiger partial charge in [0.05, 0.1) is 16.9 Å². The van der Waals surface area contributed by atoms with Gasteiger partial charge in [-0.05, 0) is 56.8 Å². The minimum atomic E-state index is 0.127. The standard InChI is InChI=1S/C19H24N4O/c1-14-18(13-23(21-14)17-5-3-2-4-6-17)19(24)22-9-7-15-11-20-12-16(15)8-10-22/h2-6,13,15-16,20H,7-12H2,1H3/t15-,16+. The SMILES string of the molecule is Cc1nn(-c2ccccc2)cc1C(=O)N1CC[C@@H]2CNC[C@@H]2CC1. The molecular weight excluding hydrogens is 300 g/mol. The van der Waals surface area contributed by atoms with E-state index in [2.05, 4.69) is 10.4 Å². The van der Waals surface area contributed by atoms with Crippen molar-refractivity contribution in [1.29, 1.82) is 0 Å². The Balaban J connectivity index is 1.53. The van der Waals surface area contributed by atoms with Crippen LogP contribution < -0.4 is 5.32 Å². The van der Waals surface area contributed by atoms with E-state index in [1.807, 2.05) is 48.4 Å².